The summed E-state index contributed by atoms with van der Waals surface area (Å²) < 4.78 is 26.9. The van der Waals surface area contributed by atoms with Crippen LogP contribution < -0.4 is 10.6 Å². The van der Waals surface area contributed by atoms with Crippen molar-refractivity contribution in [2.45, 2.75) is 24.6 Å². The molecule has 10 heteroatoms. The Morgan fingerprint density at radius 2 is 1.39 bits per heavy atom. The van der Waals surface area contributed by atoms with Crippen molar-refractivity contribution in [2.24, 2.45) is 0 Å². The molecule has 0 saturated carbocycles. The van der Waals surface area contributed by atoms with Crippen molar-refractivity contribution < 1.29 is 28.2 Å². The number of methoxy groups -OCH3 is 1. The summed E-state index contributed by atoms with van der Waals surface area (Å²) in [5.74, 6) is -1.55. The summed E-state index contributed by atoms with van der Waals surface area (Å²) in [5, 5.41) is 7.06. The highest BCUT2D eigenvalue weighted by Gasteiger charge is 2.39. The first kappa shape index (κ1) is 35.6. The molecule has 5 aromatic carbocycles. The minimum atomic E-state index is -0.943. The number of anilines is 1. The van der Waals surface area contributed by atoms with Gasteiger partial charge in [-0.15, -0.1) is 0 Å². The Balaban J connectivity index is 1.21. The average molecular weight is 721 g/mol. The van der Waals surface area contributed by atoms with E-state index in [-0.39, 0.29) is 36.2 Å². The summed E-state index contributed by atoms with van der Waals surface area (Å²) in [5.41, 5.74) is 2.65. The monoisotopic (exact) mass is 720 g/mol. The molecule has 270 valence electrons. The molecule has 0 radical (unpaired) electrons. The van der Waals surface area contributed by atoms with Crippen LogP contribution in [0.1, 0.15) is 34.2 Å². The first-order valence-corrected chi connectivity index (χ1v) is 17.5. The van der Waals surface area contributed by atoms with Crippen molar-refractivity contribution in [3.05, 3.63) is 185 Å². The van der Waals surface area contributed by atoms with Crippen LogP contribution in [0.2, 0.25) is 0 Å². The second-order valence-corrected chi connectivity index (χ2v) is 12.8. The van der Waals surface area contributed by atoms with Crippen LogP contribution in [0, 0.1) is 5.82 Å². The van der Waals surface area contributed by atoms with Crippen LogP contribution in [0.3, 0.4) is 0 Å². The van der Waals surface area contributed by atoms with Gasteiger partial charge in [-0.25, -0.2) is 19.0 Å². The highest BCUT2D eigenvalue weighted by atomic mass is 19.1. The maximum Gasteiger partial charge on any atom is 0.408 e. The smallest absolute Gasteiger partial charge is 0.408 e. The fraction of sp³-hybridized carbons (Fsp3) is 0.136. The predicted molar refractivity (Wildman–Crippen MR) is 204 cm³/mol. The van der Waals surface area contributed by atoms with E-state index >= 15 is 4.39 Å². The molecule has 0 bridgehead atoms. The quantitative estimate of drug-likeness (QED) is 0.0798. The van der Waals surface area contributed by atoms with E-state index in [9.17, 15) is 14.4 Å². The van der Waals surface area contributed by atoms with Crippen LogP contribution >= 0.6 is 0 Å². The molecule has 1 unspecified atom stereocenters. The third-order valence-electron chi connectivity index (χ3n) is 9.52. The van der Waals surface area contributed by atoms with Gasteiger partial charge >= 0.3 is 12.1 Å². The van der Waals surface area contributed by atoms with E-state index in [1.165, 1.54) is 24.3 Å². The first-order valence-electron chi connectivity index (χ1n) is 17.5. The van der Waals surface area contributed by atoms with Gasteiger partial charge in [0, 0.05) is 29.1 Å². The molecule has 0 aliphatic carbocycles. The number of esters is 1. The second kappa shape index (κ2) is 15.8. The lowest BCUT2D eigenvalue weighted by molar-refractivity contribution is -0.141. The van der Waals surface area contributed by atoms with E-state index < -0.39 is 35.4 Å². The molecule has 2 N–H and O–H groups in total. The number of rotatable bonds is 11. The lowest BCUT2D eigenvalue weighted by Crippen LogP contribution is -2.42. The van der Waals surface area contributed by atoms with Crippen LogP contribution in [0.25, 0.3) is 16.8 Å². The van der Waals surface area contributed by atoms with E-state index in [0.29, 0.717) is 11.2 Å². The van der Waals surface area contributed by atoms with Crippen LogP contribution in [0.15, 0.2) is 151 Å². The standard InChI is InChI=1S/C44H37FN4O5/c1-53-42(51)38(49-27-25-37(41(49)50)47-43(52)54-29-30-14-6-2-7-15-30)28-31-22-23-36-35(39(31)45)24-26-46-40(36)48-44(32-16-8-3-9-17-32,33-18-10-4-11-19-33)34-20-12-5-13-21-34/h2-24,26,28,37H,25,27,29H2,1H3,(H,46,48)(H,47,52). The minimum absolute atomic E-state index is 0.0321. The number of carbonyl (C=O) groups is 3. The third-order valence-corrected chi connectivity index (χ3v) is 9.52. The first-order chi connectivity index (χ1) is 26.4. The summed E-state index contributed by atoms with van der Waals surface area (Å²) in [6.07, 6.45) is 2.27. The number of aromatic nitrogens is 1. The molecular weight excluding hydrogens is 684 g/mol. The number of halogens is 1. The highest BCUT2D eigenvalue weighted by Crippen LogP contribution is 2.41. The molecule has 1 fully saturated rings. The van der Waals surface area contributed by atoms with Gasteiger partial charge in [-0.3, -0.25) is 4.79 Å². The Morgan fingerprint density at radius 3 is 1.96 bits per heavy atom. The van der Waals surface area contributed by atoms with Crippen LogP contribution in [0.4, 0.5) is 15.0 Å². The van der Waals surface area contributed by atoms with Crippen molar-refractivity contribution in [3.63, 3.8) is 0 Å². The maximum atomic E-state index is 16.6. The van der Waals surface area contributed by atoms with Crippen molar-refractivity contribution in [1.82, 2.24) is 15.2 Å². The van der Waals surface area contributed by atoms with E-state index in [1.54, 1.807) is 18.2 Å². The van der Waals surface area contributed by atoms with Gasteiger partial charge in [-0.05, 0) is 46.9 Å². The third kappa shape index (κ3) is 7.14. The molecule has 1 aliphatic heterocycles. The molecule has 7 rings (SSSR count). The van der Waals surface area contributed by atoms with Crippen molar-refractivity contribution >= 4 is 40.6 Å². The van der Waals surface area contributed by atoms with Gasteiger partial charge in [0.05, 0.1) is 7.11 Å². The Labute approximate surface area is 312 Å². The summed E-state index contributed by atoms with van der Waals surface area (Å²) in [6, 6.07) is 43.1. The Hall–Kier alpha value is -6.81. The van der Waals surface area contributed by atoms with Gasteiger partial charge in [-0.1, -0.05) is 127 Å². The summed E-state index contributed by atoms with van der Waals surface area (Å²) in [4.78, 5) is 45.0. The number of benzene rings is 5. The summed E-state index contributed by atoms with van der Waals surface area (Å²) in [7, 11) is 1.19. The fourth-order valence-corrected chi connectivity index (χ4v) is 6.86. The molecule has 54 heavy (non-hydrogen) atoms. The lowest BCUT2D eigenvalue weighted by atomic mass is 9.77. The van der Waals surface area contributed by atoms with Gasteiger partial charge in [0.25, 0.3) is 0 Å². The Morgan fingerprint density at radius 1 is 0.815 bits per heavy atom. The number of alkyl carbamates (subject to hydrolysis) is 1. The molecule has 2 amide bonds. The SMILES string of the molecule is COC(=O)C(=Cc1ccc2c(NC(c3ccccc3)(c3ccccc3)c3ccccc3)nccc2c1F)N1CCC(NC(=O)OCc2ccccc2)C1=O. The number of carbonyl (C=O) groups excluding carboxylic acids is 3. The number of ether oxygens (including phenoxy) is 2. The summed E-state index contributed by atoms with van der Waals surface area (Å²) >= 11 is 0. The fourth-order valence-electron chi connectivity index (χ4n) is 6.86. The van der Waals surface area contributed by atoms with Crippen molar-refractivity contribution in [3.8, 4) is 0 Å². The number of amides is 2. The van der Waals surface area contributed by atoms with Gasteiger partial charge in [0.15, 0.2) is 0 Å². The Bertz CT molecular complexity index is 2210. The summed E-state index contributed by atoms with van der Waals surface area (Å²) in [6.45, 7) is 0.126. The number of fused-ring (bicyclic) bond motifs is 1. The molecule has 1 aliphatic rings. The van der Waals surface area contributed by atoms with E-state index in [2.05, 4.69) is 10.6 Å². The zero-order valence-electron chi connectivity index (χ0n) is 29.4. The average Bonchev–Trinajstić information content (AvgIpc) is 3.58. The zero-order valence-corrected chi connectivity index (χ0v) is 29.4. The number of pyridine rings is 1. The molecule has 0 spiro atoms. The second-order valence-electron chi connectivity index (χ2n) is 12.8. The largest absolute Gasteiger partial charge is 0.464 e. The molecule has 2 heterocycles. The van der Waals surface area contributed by atoms with Crippen molar-refractivity contribution in [2.75, 3.05) is 19.0 Å². The minimum Gasteiger partial charge on any atom is -0.464 e. The topological polar surface area (TPSA) is 110 Å². The normalized spacial score (nSPS) is 14.5. The van der Waals surface area contributed by atoms with Crippen LogP contribution in [-0.2, 0) is 31.2 Å². The zero-order chi connectivity index (χ0) is 37.5. The molecule has 6 aromatic rings. The number of hydrogen-bond acceptors (Lipinski definition) is 7. The number of nitrogens with one attached hydrogen (secondary N) is 2. The van der Waals surface area contributed by atoms with Gasteiger partial charge < -0.3 is 25.0 Å². The Kier molecular flexibility index (Phi) is 10.4. The molecule has 1 saturated heterocycles. The van der Waals surface area contributed by atoms with Gasteiger partial charge in [-0.2, -0.15) is 0 Å². The van der Waals surface area contributed by atoms with Crippen LogP contribution in [-0.4, -0.2) is 47.6 Å². The van der Waals surface area contributed by atoms with E-state index in [0.717, 1.165) is 22.3 Å². The van der Waals surface area contributed by atoms with E-state index in [1.807, 2.05) is 121 Å². The molecule has 1 aromatic heterocycles. The lowest BCUT2D eigenvalue weighted by Gasteiger charge is -2.37. The molecule has 1 atom stereocenters. The van der Waals surface area contributed by atoms with Gasteiger partial charge in [0.2, 0.25) is 5.91 Å². The number of likely N-dealkylation sites (tertiary alicyclic amines) is 1. The highest BCUT2D eigenvalue weighted by molar-refractivity contribution is 6.01. The van der Waals surface area contributed by atoms with Gasteiger partial charge in [0.1, 0.15) is 35.5 Å². The van der Waals surface area contributed by atoms with Crippen molar-refractivity contribution in [1.29, 1.82) is 0 Å². The number of hydrogen-bond donors (Lipinski definition) is 2. The molecular formula is C44H37FN4O5. The number of nitrogens with zero attached hydrogens (tertiary/aromatic N) is 2. The predicted octanol–water partition coefficient (Wildman–Crippen LogP) is 7.82. The molecule has 9 nitrogen and oxygen atoms in total. The van der Waals surface area contributed by atoms with E-state index in [4.69, 9.17) is 14.5 Å². The maximum absolute atomic E-state index is 16.6. The van der Waals surface area contributed by atoms with Crippen LogP contribution in [0.5, 0.6) is 0 Å².